The van der Waals surface area contributed by atoms with E-state index in [0.29, 0.717) is 29.8 Å². The minimum Gasteiger partial charge on any atom is -0.352 e. The number of hydrogen-bond acceptors (Lipinski definition) is 3. The van der Waals surface area contributed by atoms with Crippen molar-refractivity contribution in [3.8, 4) is 0 Å². The van der Waals surface area contributed by atoms with Crippen molar-refractivity contribution in [2.75, 3.05) is 6.54 Å². The van der Waals surface area contributed by atoms with Crippen molar-refractivity contribution >= 4 is 15.9 Å². The fourth-order valence-electron chi connectivity index (χ4n) is 4.33. The first kappa shape index (κ1) is 22.2. The second-order valence-electron chi connectivity index (χ2n) is 8.24. The molecule has 3 aromatic rings. The van der Waals surface area contributed by atoms with Crippen molar-refractivity contribution in [1.82, 2.24) is 9.62 Å². The normalized spacial score (nSPS) is 19.4. The number of sulfonamides is 1. The Morgan fingerprint density at radius 1 is 0.906 bits per heavy atom. The van der Waals surface area contributed by atoms with E-state index < -0.39 is 15.9 Å². The van der Waals surface area contributed by atoms with Gasteiger partial charge in [-0.3, -0.25) is 4.79 Å². The molecule has 0 spiro atoms. The van der Waals surface area contributed by atoms with Crippen LogP contribution in [-0.2, 0) is 21.4 Å². The standard InChI is InChI=1S/C26H28N2O3S/c1-20-10-8-9-15-25(20)32(30,31)28-19-23(16-17-24(28)22-13-6-3-7-14-22)26(29)27-18-21-11-4-2-5-12-21/h2-15,23-24H,16-19H2,1H3,(H,27,29). The molecule has 4 rings (SSSR count). The monoisotopic (exact) mass is 448 g/mol. The average Bonchev–Trinajstić information content (AvgIpc) is 2.83. The highest BCUT2D eigenvalue weighted by Crippen LogP contribution is 2.38. The molecular weight excluding hydrogens is 420 g/mol. The summed E-state index contributed by atoms with van der Waals surface area (Å²) in [7, 11) is -3.77. The molecule has 0 radical (unpaired) electrons. The van der Waals surface area contributed by atoms with E-state index in [1.165, 1.54) is 4.31 Å². The summed E-state index contributed by atoms with van der Waals surface area (Å²) in [5, 5.41) is 2.99. The van der Waals surface area contributed by atoms with E-state index >= 15 is 0 Å². The molecule has 0 saturated carbocycles. The number of piperidine rings is 1. The van der Waals surface area contributed by atoms with Crippen molar-refractivity contribution < 1.29 is 13.2 Å². The second kappa shape index (κ2) is 9.67. The van der Waals surface area contributed by atoms with Crippen LogP contribution in [0.25, 0.3) is 0 Å². The number of benzene rings is 3. The van der Waals surface area contributed by atoms with E-state index in [0.717, 1.165) is 11.1 Å². The fraction of sp³-hybridized carbons (Fsp3) is 0.269. The smallest absolute Gasteiger partial charge is 0.243 e. The SMILES string of the molecule is Cc1ccccc1S(=O)(=O)N1CC(C(=O)NCc2ccccc2)CCC1c1ccccc1. The number of carbonyl (C=O) groups excluding carboxylic acids is 1. The predicted molar refractivity (Wildman–Crippen MR) is 125 cm³/mol. The molecule has 1 saturated heterocycles. The van der Waals surface area contributed by atoms with E-state index in [1.54, 1.807) is 25.1 Å². The van der Waals surface area contributed by atoms with Gasteiger partial charge in [0, 0.05) is 13.1 Å². The molecule has 1 heterocycles. The van der Waals surface area contributed by atoms with E-state index in [2.05, 4.69) is 5.32 Å². The molecule has 3 aromatic carbocycles. The lowest BCUT2D eigenvalue weighted by molar-refractivity contribution is -0.126. The molecule has 0 aliphatic carbocycles. The summed E-state index contributed by atoms with van der Waals surface area (Å²) >= 11 is 0. The molecule has 1 amide bonds. The van der Waals surface area contributed by atoms with Crippen molar-refractivity contribution in [2.45, 2.75) is 37.2 Å². The molecule has 1 N–H and O–H groups in total. The van der Waals surface area contributed by atoms with Gasteiger partial charge < -0.3 is 5.32 Å². The van der Waals surface area contributed by atoms with Crippen LogP contribution in [0.3, 0.4) is 0 Å². The molecule has 1 aliphatic heterocycles. The molecule has 5 nitrogen and oxygen atoms in total. The molecule has 32 heavy (non-hydrogen) atoms. The van der Waals surface area contributed by atoms with Crippen molar-refractivity contribution in [2.24, 2.45) is 5.92 Å². The summed E-state index contributed by atoms with van der Waals surface area (Å²) in [5.41, 5.74) is 2.67. The molecule has 166 valence electrons. The summed E-state index contributed by atoms with van der Waals surface area (Å²) in [5.74, 6) is -0.497. The van der Waals surface area contributed by atoms with E-state index in [1.807, 2.05) is 66.7 Å². The number of hydrogen-bond donors (Lipinski definition) is 1. The Morgan fingerprint density at radius 3 is 2.22 bits per heavy atom. The number of nitrogens with zero attached hydrogens (tertiary/aromatic N) is 1. The van der Waals surface area contributed by atoms with Gasteiger partial charge in [0.2, 0.25) is 15.9 Å². The highest BCUT2D eigenvalue weighted by Gasteiger charge is 2.40. The Bertz CT molecular complexity index is 1160. The molecule has 0 aromatic heterocycles. The molecule has 6 heteroatoms. The van der Waals surface area contributed by atoms with Crippen molar-refractivity contribution in [1.29, 1.82) is 0 Å². The zero-order valence-electron chi connectivity index (χ0n) is 18.1. The van der Waals surface area contributed by atoms with Crippen LogP contribution in [0.1, 0.15) is 35.6 Å². The fourth-order valence-corrected chi connectivity index (χ4v) is 6.24. The van der Waals surface area contributed by atoms with E-state index in [-0.39, 0.29) is 18.5 Å². The molecule has 1 fully saturated rings. The third kappa shape index (κ3) is 4.76. The van der Waals surface area contributed by atoms with Crippen LogP contribution >= 0.6 is 0 Å². The summed E-state index contributed by atoms with van der Waals surface area (Å²) in [6, 6.07) is 26.1. The molecule has 1 aliphatic rings. The molecule has 2 unspecified atom stereocenters. The van der Waals surface area contributed by atoms with Gasteiger partial charge in [0.25, 0.3) is 0 Å². The summed E-state index contributed by atoms with van der Waals surface area (Å²) in [6.07, 6.45) is 1.23. The van der Waals surface area contributed by atoms with Crippen LogP contribution in [0.5, 0.6) is 0 Å². The predicted octanol–water partition coefficient (Wildman–Crippen LogP) is 4.45. The maximum absolute atomic E-state index is 13.7. The van der Waals surface area contributed by atoms with Gasteiger partial charge in [-0.1, -0.05) is 78.9 Å². The topological polar surface area (TPSA) is 66.5 Å². The highest BCUT2D eigenvalue weighted by atomic mass is 32.2. The second-order valence-corrected chi connectivity index (χ2v) is 10.1. The largest absolute Gasteiger partial charge is 0.352 e. The van der Waals surface area contributed by atoms with E-state index in [9.17, 15) is 13.2 Å². The maximum atomic E-state index is 13.7. The first-order valence-electron chi connectivity index (χ1n) is 10.9. The van der Waals surface area contributed by atoms with Gasteiger partial charge in [0.15, 0.2) is 0 Å². The van der Waals surface area contributed by atoms with Crippen LogP contribution < -0.4 is 5.32 Å². The van der Waals surface area contributed by atoms with Gasteiger partial charge >= 0.3 is 0 Å². The first-order valence-corrected chi connectivity index (χ1v) is 12.3. The van der Waals surface area contributed by atoms with Gasteiger partial charge in [0.1, 0.15) is 0 Å². The average molecular weight is 449 g/mol. The third-order valence-corrected chi connectivity index (χ3v) is 8.12. The van der Waals surface area contributed by atoms with Gasteiger partial charge in [-0.05, 0) is 42.5 Å². The minimum absolute atomic E-state index is 0.106. The lowest BCUT2D eigenvalue weighted by Crippen LogP contribution is -2.46. The van der Waals surface area contributed by atoms with Gasteiger partial charge in [-0.2, -0.15) is 4.31 Å². The van der Waals surface area contributed by atoms with Gasteiger partial charge in [-0.15, -0.1) is 0 Å². The third-order valence-electron chi connectivity index (χ3n) is 6.08. The van der Waals surface area contributed by atoms with Crippen LogP contribution in [0.15, 0.2) is 89.8 Å². The lowest BCUT2D eigenvalue weighted by Gasteiger charge is -2.38. The van der Waals surface area contributed by atoms with E-state index in [4.69, 9.17) is 0 Å². The van der Waals surface area contributed by atoms with Crippen molar-refractivity contribution in [3.63, 3.8) is 0 Å². The first-order chi connectivity index (χ1) is 15.5. The maximum Gasteiger partial charge on any atom is 0.243 e. The Kier molecular flexibility index (Phi) is 6.72. The number of nitrogens with one attached hydrogen (secondary N) is 1. The number of amides is 1. The van der Waals surface area contributed by atoms with Crippen LogP contribution in [0.4, 0.5) is 0 Å². The van der Waals surface area contributed by atoms with Gasteiger partial charge in [-0.25, -0.2) is 8.42 Å². The summed E-state index contributed by atoms with van der Waals surface area (Å²) < 4.78 is 29.0. The zero-order valence-corrected chi connectivity index (χ0v) is 19.0. The summed E-state index contributed by atoms with van der Waals surface area (Å²) in [6.45, 7) is 2.40. The lowest BCUT2D eigenvalue weighted by atomic mass is 9.90. The molecule has 0 bridgehead atoms. The number of aryl methyl sites for hydroxylation is 1. The number of rotatable bonds is 6. The highest BCUT2D eigenvalue weighted by molar-refractivity contribution is 7.89. The number of carbonyl (C=O) groups is 1. The Balaban J connectivity index is 1.60. The molecule has 2 atom stereocenters. The Hall–Kier alpha value is -2.96. The Labute approximate surface area is 190 Å². The summed E-state index contributed by atoms with van der Waals surface area (Å²) in [4.78, 5) is 13.3. The van der Waals surface area contributed by atoms with Crippen molar-refractivity contribution in [3.05, 3.63) is 102 Å². The Morgan fingerprint density at radius 2 is 1.53 bits per heavy atom. The molecular formula is C26H28N2O3S. The zero-order chi connectivity index (χ0) is 22.6. The van der Waals surface area contributed by atoms with Gasteiger partial charge in [0.05, 0.1) is 16.9 Å². The quantitative estimate of drug-likeness (QED) is 0.606. The van der Waals surface area contributed by atoms with Crippen LogP contribution in [0, 0.1) is 12.8 Å². The van der Waals surface area contributed by atoms with Crippen LogP contribution in [0.2, 0.25) is 0 Å². The minimum atomic E-state index is -3.77. The van der Waals surface area contributed by atoms with Crippen LogP contribution in [-0.4, -0.2) is 25.2 Å².